The van der Waals surface area contributed by atoms with Crippen molar-refractivity contribution >= 4 is 32.3 Å². The van der Waals surface area contributed by atoms with Gasteiger partial charge in [-0.25, -0.2) is 8.42 Å². The van der Waals surface area contributed by atoms with E-state index >= 15 is 0 Å². The zero-order valence-electron chi connectivity index (χ0n) is 11.2. The first-order valence-corrected chi connectivity index (χ1v) is 8.66. The number of rotatable bonds is 6. The van der Waals surface area contributed by atoms with Crippen molar-refractivity contribution in [1.82, 2.24) is 4.37 Å². The molecule has 2 aromatic rings. The third-order valence-corrected chi connectivity index (χ3v) is 4.70. The number of nitrogens with one attached hydrogen (secondary N) is 1. The first-order chi connectivity index (χ1) is 10.00. The first kappa shape index (κ1) is 15.4. The minimum atomic E-state index is -3.35. The van der Waals surface area contributed by atoms with Crippen molar-refractivity contribution in [2.75, 3.05) is 11.1 Å². The third-order valence-electron chi connectivity index (χ3n) is 2.71. The van der Waals surface area contributed by atoms with Crippen LogP contribution in [0.15, 0.2) is 48.4 Å². The third kappa shape index (κ3) is 4.51. The van der Waals surface area contributed by atoms with Crippen LogP contribution < -0.4 is 5.32 Å². The maximum Gasteiger partial charge on any atom is 0.226 e. The van der Waals surface area contributed by atoms with E-state index < -0.39 is 9.84 Å². The summed E-state index contributed by atoms with van der Waals surface area (Å²) >= 11 is 1.16. The van der Waals surface area contributed by atoms with Crippen molar-refractivity contribution in [2.24, 2.45) is 0 Å². The van der Waals surface area contributed by atoms with Crippen LogP contribution in [0.2, 0.25) is 0 Å². The van der Waals surface area contributed by atoms with Gasteiger partial charge in [0.1, 0.15) is 5.00 Å². The van der Waals surface area contributed by atoms with E-state index in [2.05, 4.69) is 16.3 Å². The van der Waals surface area contributed by atoms with Gasteiger partial charge < -0.3 is 5.32 Å². The van der Waals surface area contributed by atoms with Crippen molar-refractivity contribution in [3.8, 4) is 11.3 Å². The molecule has 0 radical (unpaired) electrons. The summed E-state index contributed by atoms with van der Waals surface area (Å²) in [6.45, 7) is 3.20. The maximum absolute atomic E-state index is 11.7. The fourth-order valence-electron chi connectivity index (χ4n) is 1.60. The highest BCUT2D eigenvalue weighted by atomic mass is 32.2. The Morgan fingerprint density at radius 2 is 2.05 bits per heavy atom. The molecule has 1 heterocycles. The molecule has 2 rings (SSSR count). The quantitative estimate of drug-likeness (QED) is 0.887. The summed E-state index contributed by atoms with van der Waals surface area (Å²) in [5.74, 6) is -0.601. The second-order valence-electron chi connectivity index (χ2n) is 4.27. The van der Waals surface area contributed by atoms with Crippen LogP contribution in [0.3, 0.4) is 0 Å². The van der Waals surface area contributed by atoms with Crippen LogP contribution in [-0.4, -0.2) is 24.5 Å². The molecule has 0 spiro atoms. The average molecular weight is 322 g/mol. The van der Waals surface area contributed by atoms with Crippen molar-refractivity contribution < 1.29 is 13.2 Å². The predicted octanol–water partition coefficient (Wildman–Crippen LogP) is 2.70. The average Bonchev–Trinajstić information content (AvgIpc) is 2.95. The SMILES string of the molecule is C=CS(=O)(=O)CCC(=O)Nc1cc(-c2ccccc2)ns1. The van der Waals surface area contributed by atoms with Crippen LogP contribution in [0, 0.1) is 0 Å². The lowest BCUT2D eigenvalue weighted by Gasteiger charge is -2.00. The second-order valence-corrected chi connectivity index (χ2v) is 7.15. The number of benzene rings is 1. The Bertz CT molecular complexity index is 737. The number of sulfone groups is 1. The van der Waals surface area contributed by atoms with E-state index in [1.165, 1.54) is 0 Å². The zero-order chi connectivity index (χ0) is 15.3. The molecule has 1 aromatic heterocycles. The summed E-state index contributed by atoms with van der Waals surface area (Å²) in [5.41, 5.74) is 1.73. The molecule has 0 unspecified atom stereocenters. The minimum Gasteiger partial charge on any atom is -0.316 e. The molecule has 1 amide bonds. The molecule has 0 aliphatic heterocycles. The molecule has 0 aliphatic rings. The molecule has 1 N–H and O–H groups in total. The second kappa shape index (κ2) is 6.64. The van der Waals surface area contributed by atoms with Gasteiger partial charge in [-0.3, -0.25) is 4.79 Å². The van der Waals surface area contributed by atoms with Gasteiger partial charge in [-0.1, -0.05) is 36.9 Å². The van der Waals surface area contributed by atoms with Gasteiger partial charge in [-0.2, -0.15) is 4.37 Å². The van der Waals surface area contributed by atoms with Crippen LogP contribution in [0.1, 0.15) is 6.42 Å². The standard InChI is InChI=1S/C14H14N2O3S2/c1-2-21(18,19)9-8-13(17)15-14-10-12(16-20-14)11-6-4-3-5-7-11/h2-7,10H,1,8-9H2,(H,15,17). The number of aromatic nitrogens is 1. The van der Waals surface area contributed by atoms with Crippen LogP contribution in [0.5, 0.6) is 0 Å². The molecule has 0 fully saturated rings. The van der Waals surface area contributed by atoms with Gasteiger partial charge in [0.05, 0.1) is 11.4 Å². The van der Waals surface area contributed by atoms with E-state index in [1.807, 2.05) is 30.3 Å². The minimum absolute atomic E-state index is 0.104. The molecule has 0 atom stereocenters. The summed E-state index contributed by atoms with van der Waals surface area (Å²) in [7, 11) is -3.35. The van der Waals surface area contributed by atoms with Crippen molar-refractivity contribution in [3.05, 3.63) is 48.4 Å². The highest BCUT2D eigenvalue weighted by molar-refractivity contribution is 7.94. The topological polar surface area (TPSA) is 76.1 Å². The molecule has 0 aliphatic carbocycles. The van der Waals surface area contributed by atoms with Crippen molar-refractivity contribution in [2.45, 2.75) is 6.42 Å². The fraction of sp³-hybridized carbons (Fsp3) is 0.143. The van der Waals surface area contributed by atoms with Gasteiger partial charge in [-0.05, 0) is 11.5 Å². The Hall–Kier alpha value is -1.99. The first-order valence-electron chi connectivity index (χ1n) is 6.17. The van der Waals surface area contributed by atoms with Gasteiger partial charge >= 0.3 is 0 Å². The fourth-order valence-corrected chi connectivity index (χ4v) is 2.91. The smallest absolute Gasteiger partial charge is 0.226 e. The van der Waals surface area contributed by atoms with Gasteiger partial charge in [0.25, 0.3) is 0 Å². The summed E-state index contributed by atoms with van der Waals surface area (Å²) in [6.07, 6.45) is -0.104. The van der Waals surface area contributed by atoms with Crippen LogP contribution >= 0.6 is 11.5 Å². The van der Waals surface area contributed by atoms with E-state index in [0.29, 0.717) is 5.00 Å². The summed E-state index contributed by atoms with van der Waals surface area (Å²) < 4.78 is 26.7. The van der Waals surface area contributed by atoms with Crippen LogP contribution in [0.25, 0.3) is 11.3 Å². The summed E-state index contributed by atoms with van der Waals surface area (Å²) in [6, 6.07) is 11.4. The Morgan fingerprint density at radius 3 is 2.71 bits per heavy atom. The Balaban J connectivity index is 1.97. The molecule has 0 saturated heterocycles. The van der Waals surface area contributed by atoms with Gasteiger partial charge in [0, 0.05) is 23.5 Å². The molecular formula is C14H14N2O3S2. The molecule has 21 heavy (non-hydrogen) atoms. The monoisotopic (exact) mass is 322 g/mol. The number of hydrogen-bond acceptors (Lipinski definition) is 5. The van der Waals surface area contributed by atoms with Crippen molar-refractivity contribution in [1.29, 1.82) is 0 Å². The number of carbonyl (C=O) groups excluding carboxylic acids is 1. The lowest BCUT2D eigenvalue weighted by Crippen LogP contribution is -2.15. The molecule has 110 valence electrons. The lowest BCUT2D eigenvalue weighted by atomic mass is 10.2. The summed E-state index contributed by atoms with van der Waals surface area (Å²) in [4.78, 5) is 11.7. The maximum atomic E-state index is 11.7. The Labute approximate surface area is 127 Å². The van der Waals surface area contributed by atoms with E-state index in [1.54, 1.807) is 6.07 Å². The molecule has 7 heteroatoms. The number of anilines is 1. The molecular weight excluding hydrogens is 308 g/mol. The number of hydrogen-bond donors (Lipinski definition) is 1. The van der Waals surface area contributed by atoms with Gasteiger partial charge in [0.2, 0.25) is 5.91 Å². The summed E-state index contributed by atoms with van der Waals surface area (Å²) in [5, 5.41) is 4.10. The van der Waals surface area contributed by atoms with Crippen LogP contribution in [-0.2, 0) is 14.6 Å². The van der Waals surface area contributed by atoms with Gasteiger partial charge in [-0.15, -0.1) is 0 Å². The van der Waals surface area contributed by atoms with Crippen molar-refractivity contribution in [3.63, 3.8) is 0 Å². The zero-order valence-corrected chi connectivity index (χ0v) is 12.8. The lowest BCUT2D eigenvalue weighted by molar-refractivity contribution is -0.115. The molecule has 1 aromatic carbocycles. The van der Waals surface area contributed by atoms with E-state index in [-0.39, 0.29) is 18.1 Å². The molecule has 0 bridgehead atoms. The van der Waals surface area contributed by atoms with E-state index in [0.717, 1.165) is 28.2 Å². The Kier molecular flexibility index (Phi) is 4.87. The number of amides is 1. The largest absolute Gasteiger partial charge is 0.316 e. The predicted molar refractivity (Wildman–Crippen MR) is 84.8 cm³/mol. The van der Waals surface area contributed by atoms with Crippen LogP contribution in [0.4, 0.5) is 5.00 Å². The molecule has 5 nitrogen and oxygen atoms in total. The highest BCUT2D eigenvalue weighted by Gasteiger charge is 2.11. The molecule has 0 saturated carbocycles. The van der Waals surface area contributed by atoms with E-state index in [4.69, 9.17) is 0 Å². The van der Waals surface area contributed by atoms with E-state index in [9.17, 15) is 13.2 Å². The Morgan fingerprint density at radius 1 is 1.33 bits per heavy atom. The normalized spacial score (nSPS) is 11.0. The highest BCUT2D eigenvalue weighted by Crippen LogP contribution is 2.25. The number of carbonyl (C=O) groups is 1. The van der Waals surface area contributed by atoms with Gasteiger partial charge in [0.15, 0.2) is 9.84 Å². The number of nitrogens with zero attached hydrogens (tertiary/aromatic N) is 1.